The zero-order valence-corrected chi connectivity index (χ0v) is 17.5. The summed E-state index contributed by atoms with van der Waals surface area (Å²) in [6, 6.07) is 4.43. The lowest BCUT2D eigenvalue weighted by atomic mass is 9.89. The summed E-state index contributed by atoms with van der Waals surface area (Å²) >= 11 is 0. The minimum atomic E-state index is -0.0131. The van der Waals surface area contributed by atoms with E-state index in [1.165, 1.54) is 0 Å². The van der Waals surface area contributed by atoms with Gasteiger partial charge < -0.3 is 15.1 Å². The lowest BCUT2D eigenvalue weighted by Crippen LogP contribution is -2.42. The summed E-state index contributed by atoms with van der Waals surface area (Å²) in [6.07, 6.45) is 6.31. The van der Waals surface area contributed by atoms with Crippen molar-refractivity contribution in [3.05, 3.63) is 23.9 Å². The Balaban J connectivity index is 1.59. The number of carbonyl (C=O) groups excluding carboxylic acids is 2. The largest absolute Gasteiger partial charge is 0.357 e. The fourth-order valence-electron chi connectivity index (χ4n) is 4.27. The molecule has 0 aliphatic carbocycles. The molecule has 154 valence electrons. The van der Waals surface area contributed by atoms with Crippen molar-refractivity contribution in [3.63, 3.8) is 0 Å². The molecular formula is C22H34N4O2. The molecule has 1 atom stereocenters. The van der Waals surface area contributed by atoms with E-state index in [-0.39, 0.29) is 11.8 Å². The van der Waals surface area contributed by atoms with Crippen molar-refractivity contribution in [2.75, 3.05) is 38.1 Å². The van der Waals surface area contributed by atoms with E-state index in [0.29, 0.717) is 36.3 Å². The standard InChI is InChI=1S/C22H34N4O2/c1-16(2)13-20(27)18-5-4-10-26(15-18)22(28)17-6-7-21(24-14-17)25-11-8-19(23-3)9-12-25/h6-7,14,16,18-19,23H,4-5,8-13,15H2,1-3H3/t18-/m1/s1. The predicted octanol–water partition coefficient (Wildman–Crippen LogP) is 2.74. The Labute approximate surface area is 168 Å². The molecule has 1 aromatic rings. The van der Waals surface area contributed by atoms with Gasteiger partial charge in [-0.1, -0.05) is 13.8 Å². The van der Waals surface area contributed by atoms with Gasteiger partial charge in [-0.25, -0.2) is 4.98 Å². The second-order valence-electron chi connectivity index (χ2n) is 8.61. The maximum absolute atomic E-state index is 12.9. The van der Waals surface area contributed by atoms with E-state index in [0.717, 1.165) is 51.1 Å². The molecule has 6 nitrogen and oxygen atoms in total. The lowest BCUT2D eigenvalue weighted by molar-refractivity contribution is -0.124. The molecule has 3 heterocycles. The lowest BCUT2D eigenvalue weighted by Gasteiger charge is -2.33. The van der Waals surface area contributed by atoms with Gasteiger partial charge >= 0.3 is 0 Å². The van der Waals surface area contributed by atoms with Crippen LogP contribution < -0.4 is 10.2 Å². The van der Waals surface area contributed by atoms with Crippen molar-refractivity contribution in [3.8, 4) is 0 Å². The molecule has 1 aromatic heterocycles. The number of nitrogens with one attached hydrogen (secondary N) is 1. The van der Waals surface area contributed by atoms with Gasteiger partial charge in [0.25, 0.3) is 5.91 Å². The van der Waals surface area contributed by atoms with Crippen LogP contribution in [-0.2, 0) is 4.79 Å². The molecule has 0 bridgehead atoms. The number of pyridine rings is 1. The van der Waals surface area contributed by atoms with Crippen LogP contribution in [0.5, 0.6) is 0 Å². The summed E-state index contributed by atoms with van der Waals surface area (Å²) in [4.78, 5) is 34.0. The topological polar surface area (TPSA) is 65.5 Å². The van der Waals surface area contributed by atoms with Gasteiger partial charge in [0.05, 0.1) is 5.56 Å². The van der Waals surface area contributed by atoms with E-state index in [1.807, 2.05) is 24.1 Å². The second kappa shape index (κ2) is 9.50. The Kier molecular flexibility index (Phi) is 7.05. The van der Waals surface area contributed by atoms with Gasteiger partial charge in [0.1, 0.15) is 11.6 Å². The fraction of sp³-hybridized carbons (Fsp3) is 0.682. The molecule has 2 aliphatic rings. The van der Waals surface area contributed by atoms with Crippen LogP contribution in [0.1, 0.15) is 56.3 Å². The van der Waals surface area contributed by atoms with Gasteiger partial charge in [-0.3, -0.25) is 9.59 Å². The van der Waals surface area contributed by atoms with Gasteiger partial charge in [0.15, 0.2) is 0 Å². The number of piperidine rings is 2. The van der Waals surface area contributed by atoms with Crippen LogP contribution in [0, 0.1) is 11.8 Å². The zero-order valence-electron chi connectivity index (χ0n) is 17.5. The first-order chi connectivity index (χ1) is 13.5. The van der Waals surface area contributed by atoms with Gasteiger partial charge in [0.2, 0.25) is 0 Å². The summed E-state index contributed by atoms with van der Waals surface area (Å²) in [5, 5.41) is 3.34. The van der Waals surface area contributed by atoms with Crippen LogP contribution in [0.25, 0.3) is 0 Å². The highest BCUT2D eigenvalue weighted by atomic mass is 16.2. The van der Waals surface area contributed by atoms with Crippen molar-refractivity contribution >= 4 is 17.5 Å². The van der Waals surface area contributed by atoms with Gasteiger partial charge in [-0.05, 0) is 50.8 Å². The molecule has 2 saturated heterocycles. The van der Waals surface area contributed by atoms with Crippen molar-refractivity contribution in [2.45, 2.75) is 52.0 Å². The van der Waals surface area contributed by atoms with Crippen molar-refractivity contribution in [2.24, 2.45) is 11.8 Å². The molecule has 0 saturated carbocycles. The van der Waals surface area contributed by atoms with Crippen LogP contribution >= 0.6 is 0 Å². The van der Waals surface area contributed by atoms with Crippen LogP contribution in [0.3, 0.4) is 0 Å². The molecule has 6 heteroatoms. The monoisotopic (exact) mass is 386 g/mol. The third kappa shape index (κ3) is 5.10. The summed E-state index contributed by atoms with van der Waals surface area (Å²) < 4.78 is 0. The fourth-order valence-corrected chi connectivity index (χ4v) is 4.27. The summed E-state index contributed by atoms with van der Waals surface area (Å²) in [5.41, 5.74) is 0.616. The minimum Gasteiger partial charge on any atom is -0.357 e. The van der Waals surface area contributed by atoms with Crippen LogP contribution in [0.15, 0.2) is 18.3 Å². The highest BCUT2D eigenvalue weighted by Crippen LogP contribution is 2.23. The minimum absolute atomic E-state index is 0.00464. The number of hydrogen-bond acceptors (Lipinski definition) is 5. The normalized spacial score (nSPS) is 21.2. The Morgan fingerprint density at radius 3 is 2.54 bits per heavy atom. The van der Waals surface area contributed by atoms with Crippen LogP contribution in [-0.4, -0.2) is 60.8 Å². The molecule has 0 unspecified atom stereocenters. The zero-order chi connectivity index (χ0) is 20.1. The Bertz CT molecular complexity index is 666. The van der Waals surface area contributed by atoms with E-state index in [9.17, 15) is 9.59 Å². The highest BCUT2D eigenvalue weighted by Gasteiger charge is 2.29. The number of anilines is 1. The number of hydrogen-bond donors (Lipinski definition) is 1. The van der Waals surface area contributed by atoms with E-state index in [2.05, 4.69) is 29.0 Å². The van der Waals surface area contributed by atoms with Crippen molar-refractivity contribution < 1.29 is 9.59 Å². The van der Waals surface area contributed by atoms with Crippen molar-refractivity contribution in [1.29, 1.82) is 0 Å². The molecule has 0 aromatic carbocycles. The average Bonchev–Trinajstić information content (AvgIpc) is 2.73. The Morgan fingerprint density at radius 1 is 1.18 bits per heavy atom. The maximum Gasteiger partial charge on any atom is 0.255 e. The number of amides is 1. The molecule has 2 fully saturated rings. The van der Waals surface area contributed by atoms with Crippen LogP contribution in [0.2, 0.25) is 0 Å². The number of Topliss-reactive ketones (excluding diaryl/α,β-unsaturated/α-hetero) is 1. The SMILES string of the molecule is CNC1CCN(c2ccc(C(=O)N3CCC[C@@H](C(=O)CC(C)C)C3)cn2)CC1. The third-order valence-electron chi connectivity index (χ3n) is 6.00. The van der Waals surface area contributed by atoms with Crippen LogP contribution in [0.4, 0.5) is 5.82 Å². The number of nitrogens with zero attached hydrogens (tertiary/aromatic N) is 3. The van der Waals surface area contributed by atoms with E-state index < -0.39 is 0 Å². The van der Waals surface area contributed by atoms with E-state index in [1.54, 1.807) is 6.20 Å². The number of likely N-dealkylation sites (tertiary alicyclic amines) is 1. The van der Waals surface area contributed by atoms with E-state index in [4.69, 9.17) is 0 Å². The Morgan fingerprint density at radius 2 is 1.93 bits per heavy atom. The Hall–Kier alpha value is -1.95. The molecule has 3 rings (SSSR count). The number of carbonyl (C=O) groups is 2. The number of ketones is 1. The number of aromatic nitrogens is 1. The molecule has 2 aliphatic heterocycles. The third-order valence-corrected chi connectivity index (χ3v) is 6.00. The quantitative estimate of drug-likeness (QED) is 0.814. The summed E-state index contributed by atoms with van der Waals surface area (Å²) in [6.45, 7) is 7.37. The maximum atomic E-state index is 12.9. The first-order valence-electron chi connectivity index (χ1n) is 10.7. The molecule has 28 heavy (non-hydrogen) atoms. The van der Waals surface area contributed by atoms with Gasteiger partial charge in [-0.2, -0.15) is 0 Å². The average molecular weight is 387 g/mol. The van der Waals surface area contributed by atoms with Gasteiger partial charge in [-0.15, -0.1) is 0 Å². The molecule has 1 N–H and O–H groups in total. The predicted molar refractivity (Wildman–Crippen MR) is 112 cm³/mol. The smallest absolute Gasteiger partial charge is 0.255 e. The molecule has 1 amide bonds. The summed E-state index contributed by atoms with van der Waals surface area (Å²) in [7, 11) is 2.01. The van der Waals surface area contributed by atoms with Gasteiger partial charge in [0, 0.05) is 50.8 Å². The number of rotatable bonds is 6. The molecule has 0 spiro atoms. The van der Waals surface area contributed by atoms with Crippen molar-refractivity contribution in [1.82, 2.24) is 15.2 Å². The molecular weight excluding hydrogens is 352 g/mol. The molecule has 0 radical (unpaired) electrons. The first kappa shape index (κ1) is 20.8. The summed E-state index contributed by atoms with van der Waals surface area (Å²) in [5.74, 6) is 1.59. The highest BCUT2D eigenvalue weighted by molar-refractivity contribution is 5.94. The van der Waals surface area contributed by atoms with E-state index >= 15 is 0 Å². The first-order valence-corrected chi connectivity index (χ1v) is 10.7. The second-order valence-corrected chi connectivity index (χ2v) is 8.61.